The fraction of sp³-hybridized carbons (Fsp3) is 0.185. The van der Waals surface area contributed by atoms with Gasteiger partial charge >= 0.3 is 5.97 Å². The third-order valence-corrected chi connectivity index (χ3v) is 5.99. The number of carbonyl (C=O) groups excluding carboxylic acids is 1. The van der Waals surface area contributed by atoms with Crippen LogP contribution >= 0.6 is 0 Å². The molecule has 8 heteroatoms. The summed E-state index contributed by atoms with van der Waals surface area (Å²) in [4.78, 5) is 39.3. The van der Waals surface area contributed by atoms with Crippen LogP contribution in [0.15, 0.2) is 91.3 Å². The van der Waals surface area contributed by atoms with Gasteiger partial charge in [-0.25, -0.2) is 4.79 Å². The Kier molecular flexibility index (Phi) is 7.21. The van der Waals surface area contributed by atoms with Crippen LogP contribution < -0.4 is 4.90 Å². The molecule has 0 aromatic heterocycles. The van der Waals surface area contributed by atoms with Crippen LogP contribution in [0.1, 0.15) is 27.9 Å². The average Bonchev–Trinajstić information content (AvgIpc) is 2.87. The number of aromatic carboxylic acids is 1. The third-order valence-electron chi connectivity index (χ3n) is 5.99. The fourth-order valence-electron chi connectivity index (χ4n) is 4.22. The lowest BCUT2D eigenvalue weighted by atomic mass is 10.0. The molecule has 1 aliphatic rings. The van der Waals surface area contributed by atoms with E-state index in [4.69, 9.17) is 0 Å². The SMILES string of the molecule is O=C(O)c1ccc(N2C=CN(CCCc3ccccc3)C(=O)[C@@H]2Cc2ccccc2)c([N+](=O)[O-])c1. The van der Waals surface area contributed by atoms with Crippen LogP contribution in [0.3, 0.4) is 0 Å². The maximum absolute atomic E-state index is 13.6. The van der Waals surface area contributed by atoms with Crippen LogP contribution in [0, 0.1) is 10.1 Å². The highest BCUT2D eigenvalue weighted by Gasteiger charge is 2.35. The van der Waals surface area contributed by atoms with Crippen LogP contribution in [-0.2, 0) is 17.6 Å². The molecule has 0 aliphatic carbocycles. The van der Waals surface area contributed by atoms with Crippen molar-refractivity contribution in [1.29, 1.82) is 0 Å². The molecular formula is C27H25N3O5. The van der Waals surface area contributed by atoms with E-state index in [1.165, 1.54) is 17.7 Å². The highest BCUT2D eigenvalue weighted by molar-refractivity contribution is 5.92. The number of amides is 1. The van der Waals surface area contributed by atoms with E-state index in [1.807, 2.05) is 60.7 Å². The molecular weight excluding hydrogens is 446 g/mol. The van der Waals surface area contributed by atoms with Gasteiger partial charge in [-0.2, -0.15) is 0 Å². The van der Waals surface area contributed by atoms with Crippen molar-refractivity contribution in [1.82, 2.24) is 4.90 Å². The number of nitro groups is 1. The zero-order valence-corrected chi connectivity index (χ0v) is 19.0. The van der Waals surface area contributed by atoms with Gasteiger partial charge in [-0.3, -0.25) is 14.9 Å². The summed E-state index contributed by atoms with van der Waals surface area (Å²) in [6, 6.07) is 22.5. The molecule has 1 atom stereocenters. The summed E-state index contributed by atoms with van der Waals surface area (Å²) in [5.74, 6) is -1.42. The maximum atomic E-state index is 13.6. The average molecular weight is 472 g/mol. The molecule has 0 saturated heterocycles. The molecule has 4 rings (SSSR count). The number of hydrogen-bond donors (Lipinski definition) is 1. The lowest BCUT2D eigenvalue weighted by Crippen LogP contribution is -2.50. The minimum absolute atomic E-state index is 0.166. The van der Waals surface area contributed by atoms with Gasteiger partial charge in [0.2, 0.25) is 5.91 Å². The van der Waals surface area contributed by atoms with Crippen molar-refractivity contribution in [2.45, 2.75) is 25.3 Å². The number of benzene rings is 3. The molecule has 1 heterocycles. The Balaban J connectivity index is 1.63. The van der Waals surface area contributed by atoms with Gasteiger partial charge in [0.1, 0.15) is 11.7 Å². The first-order valence-electron chi connectivity index (χ1n) is 11.3. The molecule has 3 aromatic carbocycles. The minimum atomic E-state index is -1.25. The molecule has 178 valence electrons. The van der Waals surface area contributed by atoms with E-state index in [0.717, 1.165) is 24.5 Å². The Morgan fingerprint density at radius 3 is 2.23 bits per heavy atom. The van der Waals surface area contributed by atoms with E-state index in [9.17, 15) is 24.8 Å². The Bertz CT molecular complexity index is 1240. The molecule has 0 bridgehead atoms. The molecule has 8 nitrogen and oxygen atoms in total. The zero-order chi connectivity index (χ0) is 24.8. The van der Waals surface area contributed by atoms with E-state index in [2.05, 4.69) is 0 Å². The van der Waals surface area contributed by atoms with Crippen molar-refractivity contribution in [2.24, 2.45) is 0 Å². The second-order valence-electron chi connectivity index (χ2n) is 8.30. The summed E-state index contributed by atoms with van der Waals surface area (Å²) >= 11 is 0. The molecule has 0 radical (unpaired) electrons. The topological polar surface area (TPSA) is 104 Å². The van der Waals surface area contributed by atoms with Crippen molar-refractivity contribution in [3.63, 3.8) is 0 Å². The molecule has 0 saturated carbocycles. The van der Waals surface area contributed by atoms with Gasteiger partial charge in [-0.15, -0.1) is 0 Å². The third kappa shape index (κ3) is 5.55. The lowest BCUT2D eigenvalue weighted by Gasteiger charge is -2.37. The summed E-state index contributed by atoms with van der Waals surface area (Å²) in [5, 5.41) is 21.1. The van der Waals surface area contributed by atoms with Gasteiger partial charge < -0.3 is 14.9 Å². The standard InChI is InChI=1S/C27H25N3O5/c31-26-25(18-21-10-5-2-6-11-21)29(23-14-13-22(27(32)33)19-24(23)30(34)35)17-16-28(26)15-7-12-20-8-3-1-4-9-20/h1-6,8-11,13-14,16-17,19,25H,7,12,15,18H2,(H,32,33)/t25-/m0/s1. The molecule has 0 unspecified atom stereocenters. The van der Waals surface area contributed by atoms with Gasteiger partial charge in [-0.05, 0) is 36.1 Å². The van der Waals surface area contributed by atoms with Gasteiger partial charge in [-0.1, -0.05) is 60.7 Å². The minimum Gasteiger partial charge on any atom is -0.478 e. The summed E-state index contributed by atoms with van der Waals surface area (Å²) < 4.78 is 0. The van der Waals surface area contributed by atoms with Gasteiger partial charge in [0.25, 0.3) is 5.69 Å². The molecule has 1 N–H and O–H groups in total. The number of carboxylic acid groups (broad SMARTS) is 1. The molecule has 3 aromatic rings. The first-order chi connectivity index (χ1) is 16.9. The van der Waals surface area contributed by atoms with E-state index < -0.39 is 16.9 Å². The summed E-state index contributed by atoms with van der Waals surface area (Å²) in [6.45, 7) is 0.517. The second-order valence-corrected chi connectivity index (χ2v) is 8.30. The molecule has 1 aliphatic heterocycles. The van der Waals surface area contributed by atoms with E-state index in [0.29, 0.717) is 13.0 Å². The molecule has 0 fully saturated rings. The largest absolute Gasteiger partial charge is 0.478 e. The number of carboxylic acids is 1. The van der Waals surface area contributed by atoms with Crippen molar-refractivity contribution in [3.05, 3.63) is 118 Å². The smallest absolute Gasteiger partial charge is 0.335 e. The van der Waals surface area contributed by atoms with E-state index in [1.54, 1.807) is 22.2 Å². The number of carbonyl (C=O) groups is 2. The summed E-state index contributed by atoms with van der Waals surface area (Å²) in [6.07, 6.45) is 5.25. The van der Waals surface area contributed by atoms with Gasteiger partial charge in [0.15, 0.2) is 0 Å². The van der Waals surface area contributed by atoms with Crippen LogP contribution in [-0.4, -0.2) is 39.4 Å². The Morgan fingerprint density at radius 2 is 1.60 bits per heavy atom. The van der Waals surface area contributed by atoms with Gasteiger partial charge in [0.05, 0.1) is 10.5 Å². The quantitative estimate of drug-likeness (QED) is 0.360. The Morgan fingerprint density at radius 1 is 0.943 bits per heavy atom. The summed E-state index contributed by atoms with van der Waals surface area (Å²) in [5.41, 5.74) is 1.74. The highest BCUT2D eigenvalue weighted by atomic mass is 16.6. The van der Waals surface area contributed by atoms with Crippen LogP contribution in [0.5, 0.6) is 0 Å². The number of hydrogen-bond acceptors (Lipinski definition) is 5. The van der Waals surface area contributed by atoms with Crippen LogP contribution in [0.25, 0.3) is 0 Å². The molecule has 35 heavy (non-hydrogen) atoms. The number of rotatable bonds is 9. The van der Waals surface area contributed by atoms with E-state index in [-0.39, 0.29) is 22.8 Å². The first kappa shape index (κ1) is 23.7. The molecule has 0 spiro atoms. The van der Waals surface area contributed by atoms with Crippen molar-refractivity contribution in [3.8, 4) is 0 Å². The lowest BCUT2D eigenvalue weighted by molar-refractivity contribution is -0.384. The highest BCUT2D eigenvalue weighted by Crippen LogP contribution is 2.34. The van der Waals surface area contributed by atoms with Crippen molar-refractivity contribution >= 4 is 23.3 Å². The molecule has 1 amide bonds. The Hall–Kier alpha value is -4.46. The van der Waals surface area contributed by atoms with Gasteiger partial charge in [0, 0.05) is 31.4 Å². The fourth-order valence-corrected chi connectivity index (χ4v) is 4.22. The monoisotopic (exact) mass is 471 g/mol. The van der Waals surface area contributed by atoms with Crippen molar-refractivity contribution in [2.75, 3.05) is 11.4 Å². The number of nitro benzene ring substituents is 1. The van der Waals surface area contributed by atoms with Crippen LogP contribution in [0.4, 0.5) is 11.4 Å². The maximum Gasteiger partial charge on any atom is 0.335 e. The predicted octanol–water partition coefficient (Wildman–Crippen LogP) is 4.66. The Labute approximate surface area is 202 Å². The van der Waals surface area contributed by atoms with Crippen molar-refractivity contribution < 1.29 is 19.6 Å². The second kappa shape index (κ2) is 10.6. The van der Waals surface area contributed by atoms with E-state index >= 15 is 0 Å². The number of nitrogens with zero attached hydrogens (tertiary/aromatic N) is 3. The number of anilines is 1. The predicted molar refractivity (Wildman–Crippen MR) is 132 cm³/mol. The zero-order valence-electron chi connectivity index (χ0n) is 19.0. The normalized spacial score (nSPS) is 15.3. The van der Waals surface area contributed by atoms with Crippen LogP contribution in [0.2, 0.25) is 0 Å². The summed E-state index contributed by atoms with van der Waals surface area (Å²) in [7, 11) is 0. The number of aryl methyl sites for hydroxylation is 1. The first-order valence-corrected chi connectivity index (χ1v) is 11.3.